The third-order valence-corrected chi connectivity index (χ3v) is 4.24. The molecule has 0 saturated carbocycles. The van der Waals surface area contributed by atoms with E-state index in [1.807, 2.05) is 28.7 Å². The van der Waals surface area contributed by atoms with E-state index in [4.69, 9.17) is 4.98 Å². The zero-order valence-electron chi connectivity index (χ0n) is 12.2. The second-order valence-electron chi connectivity index (χ2n) is 5.27. The Balaban J connectivity index is 2.27. The zero-order valence-corrected chi connectivity index (χ0v) is 13.0. The number of hydrogen-bond acceptors (Lipinski definition) is 5. The molecule has 0 atom stereocenters. The maximum absolute atomic E-state index is 11.2. The van der Waals surface area contributed by atoms with Crippen LogP contribution in [0.3, 0.4) is 0 Å². The van der Waals surface area contributed by atoms with E-state index in [0.29, 0.717) is 5.75 Å². The molecule has 21 heavy (non-hydrogen) atoms. The van der Waals surface area contributed by atoms with E-state index < -0.39 is 0 Å². The highest BCUT2D eigenvalue weighted by molar-refractivity contribution is 7.99. The second kappa shape index (κ2) is 5.44. The molecule has 0 N–H and O–H groups in total. The van der Waals surface area contributed by atoms with Gasteiger partial charge in [-0.05, 0) is 19.1 Å². The summed E-state index contributed by atoms with van der Waals surface area (Å²) in [7, 11) is 0. The maximum Gasteiger partial charge on any atom is 0.197 e. The van der Waals surface area contributed by atoms with E-state index in [-0.39, 0.29) is 11.7 Å². The summed E-state index contributed by atoms with van der Waals surface area (Å²) in [5, 5.41) is 10.3. The Labute approximate surface area is 126 Å². The van der Waals surface area contributed by atoms with Crippen LogP contribution in [-0.4, -0.2) is 31.1 Å². The van der Waals surface area contributed by atoms with E-state index >= 15 is 0 Å². The van der Waals surface area contributed by atoms with Crippen LogP contribution in [0.5, 0.6) is 0 Å². The van der Waals surface area contributed by atoms with E-state index in [1.165, 1.54) is 11.8 Å². The quantitative estimate of drug-likeness (QED) is 0.693. The molecule has 2 heterocycles. The Kier molecular flexibility index (Phi) is 3.63. The number of thioether (sulfide) groups is 1. The van der Waals surface area contributed by atoms with Crippen molar-refractivity contribution in [2.45, 2.75) is 31.8 Å². The van der Waals surface area contributed by atoms with Crippen LogP contribution in [0.1, 0.15) is 32.5 Å². The number of fused-ring (bicyclic) bond motifs is 3. The molecule has 0 saturated heterocycles. The lowest BCUT2D eigenvalue weighted by molar-refractivity contribution is -0.114. The van der Waals surface area contributed by atoms with Crippen molar-refractivity contribution >= 4 is 34.1 Å². The van der Waals surface area contributed by atoms with Crippen LogP contribution in [0.2, 0.25) is 0 Å². The molecule has 0 aliphatic heterocycles. The number of aromatic nitrogens is 4. The number of carbonyl (C=O) groups excluding carboxylic acids is 1. The molecule has 1 aromatic carbocycles. The second-order valence-corrected chi connectivity index (χ2v) is 6.22. The van der Waals surface area contributed by atoms with Crippen molar-refractivity contribution in [3.8, 4) is 0 Å². The number of para-hydroxylation sites is 1. The minimum atomic E-state index is 0.122. The van der Waals surface area contributed by atoms with Crippen LogP contribution in [0.15, 0.2) is 29.4 Å². The van der Waals surface area contributed by atoms with Crippen LogP contribution >= 0.6 is 11.8 Å². The first-order valence-corrected chi connectivity index (χ1v) is 7.82. The monoisotopic (exact) mass is 300 g/mol. The summed E-state index contributed by atoms with van der Waals surface area (Å²) in [6.45, 7) is 5.76. The Morgan fingerprint density at radius 3 is 2.76 bits per heavy atom. The fraction of sp³-hybridized carbons (Fsp3) is 0.333. The molecule has 2 aromatic heterocycles. The number of ketones is 1. The summed E-state index contributed by atoms with van der Waals surface area (Å²) in [6.07, 6.45) is 0. The molecule has 0 bridgehead atoms. The summed E-state index contributed by atoms with van der Waals surface area (Å²) < 4.78 is 1.97. The highest BCUT2D eigenvalue weighted by Gasteiger charge is 2.17. The first-order valence-electron chi connectivity index (χ1n) is 6.84. The van der Waals surface area contributed by atoms with Crippen molar-refractivity contribution < 1.29 is 4.79 Å². The van der Waals surface area contributed by atoms with Gasteiger partial charge in [0.1, 0.15) is 11.6 Å². The summed E-state index contributed by atoms with van der Waals surface area (Å²) in [6, 6.07) is 7.92. The Hall–Kier alpha value is -1.95. The topological polar surface area (TPSA) is 60.2 Å². The van der Waals surface area contributed by atoms with Crippen molar-refractivity contribution in [3.63, 3.8) is 0 Å². The van der Waals surface area contributed by atoms with Crippen LogP contribution in [-0.2, 0) is 4.79 Å². The Morgan fingerprint density at radius 1 is 1.29 bits per heavy atom. The van der Waals surface area contributed by atoms with Crippen molar-refractivity contribution in [1.29, 1.82) is 0 Å². The zero-order chi connectivity index (χ0) is 15.0. The van der Waals surface area contributed by atoms with Crippen molar-refractivity contribution in [2.75, 3.05) is 5.75 Å². The minimum Gasteiger partial charge on any atom is -0.299 e. The predicted octanol–water partition coefficient (Wildman–Crippen LogP) is 3.08. The molecular weight excluding hydrogens is 284 g/mol. The van der Waals surface area contributed by atoms with Crippen LogP contribution in [0.25, 0.3) is 16.6 Å². The first kappa shape index (κ1) is 14.0. The van der Waals surface area contributed by atoms with Crippen LogP contribution < -0.4 is 0 Å². The average molecular weight is 300 g/mol. The molecule has 0 spiro atoms. The Bertz CT molecular complexity index is 825. The molecule has 0 fully saturated rings. The van der Waals surface area contributed by atoms with Gasteiger partial charge in [0.2, 0.25) is 0 Å². The highest BCUT2D eigenvalue weighted by atomic mass is 32.2. The Morgan fingerprint density at radius 2 is 2.05 bits per heavy atom. The van der Waals surface area contributed by atoms with Gasteiger partial charge in [-0.15, -0.1) is 10.2 Å². The van der Waals surface area contributed by atoms with Gasteiger partial charge in [0.05, 0.1) is 11.3 Å². The van der Waals surface area contributed by atoms with Crippen molar-refractivity contribution in [3.05, 3.63) is 30.1 Å². The number of rotatable bonds is 4. The third-order valence-electron chi connectivity index (χ3n) is 3.16. The van der Waals surface area contributed by atoms with Gasteiger partial charge in [-0.25, -0.2) is 4.98 Å². The molecule has 0 aliphatic carbocycles. The standard InChI is InChI=1S/C15H16N4OS/c1-9(2)13-16-12-7-5-4-6-11(12)14-17-18-15(19(13)14)21-8-10(3)20/h4-7,9H,8H2,1-3H3. The molecule has 0 radical (unpaired) electrons. The highest BCUT2D eigenvalue weighted by Crippen LogP contribution is 2.26. The van der Waals surface area contributed by atoms with Crippen LogP contribution in [0, 0.1) is 0 Å². The molecule has 6 heteroatoms. The normalized spacial score (nSPS) is 11.6. The molecule has 5 nitrogen and oxygen atoms in total. The summed E-state index contributed by atoms with van der Waals surface area (Å²) >= 11 is 1.40. The summed E-state index contributed by atoms with van der Waals surface area (Å²) in [5.41, 5.74) is 1.72. The molecule has 0 unspecified atom stereocenters. The summed E-state index contributed by atoms with van der Waals surface area (Å²) in [4.78, 5) is 16.0. The van der Waals surface area contributed by atoms with Gasteiger partial charge in [-0.2, -0.15) is 0 Å². The summed E-state index contributed by atoms with van der Waals surface area (Å²) in [5.74, 6) is 1.67. The smallest absolute Gasteiger partial charge is 0.197 e. The number of Topliss-reactive ketones (excluding diaryl/α,β-unsaturated/α-hetero) is 1. The number of hydrogen-bond donors (Lipinski definition) is 0. The largest absolute Gasteiger partial charge is 0.299 e. The lowest BCUT2D eigenvalue weighted by Crippen LogP contribution is -2.06. The minimum absolute atomic E-state index is 0.122. The fourth-order valence-corrected chi connectivity index (χ4v) is 2.97. The SMILES string of the molecule is CC(=O)CSc1nnc2c3ccccc3nc(C(C)C)n12. The third kappa shape index (κ3) is 2.51. The molecule has 0 aliphatic rings. The van der Waals surface area contributed by atoms with Crippen molar-refractivity contribution in [1.82, 2.24) is 19.6 Å². The van der Waals surface area contributed by atoms with Gasteiger partial charge in [0.25, 0.3) is 0 Å². The van der Waals surface area contributed by atoms with E-state index in [9.17, 15) is 4.79 Å². The molecule has 108 valence electrons. The van der Waals surface area contributed by atoms with Gasteiger partial charge >= 0.3 is 0 Å². The van der Waals surface area contributed by atoms with Gasteiger partial charge in [0.15, 0.2) is 10.8 Å². The fourth-order valence-electron chi connectivity index (χ4n) is 2.23. The van der Waals surface area contributed by atoms with Gasteiger partial charge in [-0.1, -0.05) is 37.7 Å². The van der Waals surface area contributed by atoms with Gasteiger partial charge < -0.3 is 0 Å². The van der Waals surface area contributed by atoms with E-state index in [2.05, 4.69) is 24.0 Å². The van der Waals surface area contributed by atoms with Gasteiger partial charge in [0, 0.05) is 11.3 Å². The lowest BCUT2D eigenvalue weighted by Gasteiger charge is -2.11. The van der Waals surface area contributed by atoms with E-state index in [0.717, 1.165) is 27.5 Å². The first-order chi connectivity index (χ1) is 10.1. The number of carbonyl (C=O) groups is 1. The lowest BCUT2D eigenvalue weighted by atomic mass is 10.2. The van der Waals surface area contributed by atoms with E-state index in [1.54, 1.807) is 6.92 Å². The maximum atomic E-state index is 11.2. The molecule has 3 aromatic rings. The average Bonchev–Trinajstić information content (AvgIpc) is 2.88. The number of benzene rings is 1. The molecular formula is C15H16N4OS. The molecule has 3 rings (SSSR count). The molecule has 0 amide bonds. The van der Waals surface area contributed by atoms with Gasteiger partial charge in [-0.3, -0.25) is 9.20 Å². The number of nitrogens with zero attached hydrogens (tertiary/aromatic N) is 4. The van der Waals surface area contributed by atoms with Crippen LogP contribution in [0.4, 0.5) is 0 Å². The predicted molar refractivity (Wildman–Crippen MR) is 83.8 cm³/mol. The van der Waals surface area contributed by atoms with Crippen molar-refractivity contribution in [2.24, 2.45) is 0 Å².